The van der Waals surface area contributed by atoms with E-state index in [0.717, 1.165) is 105 Å². The Morgan fingerprint density at radius 2 is 0.581 bits per heavy atom. The first-order valence-corrected chi connectivity index (χ1v) is 20.7. The molecule has 12 rings (SSSR count). The molecule has 5 nitrogen and oxygen atoms in total. The largest absolute Gasteiger partial charge is 0.456 e. The molecule has 3 heterocycles. The number of hydrogen-bond donors (Lipinski definition) is 0. The van der Waals surface area contributed by atoms with Gasteiger partial charge in [-0.2, -0.15) is 0 Å². The summed E-state index contributed by atoms with van der Waals surface area (Å²) in [6, 6.07) is 73.8. The van der Waals surface area contributed by atoms with Crippen LogP contribution in [0.5, 0.6) is 0 Å². The van der Waals surface area contributed by atoms with Gasteiger partial charge in [0, 0.05) is 44.3 Å². The highest BCUT2D eigenvalue weighted by Gasteiger charge is 2.18. The van der Waals surface area contributed by atoms with Gasteiger partial charge in [0.05, 0.1) is 0 Å². The average molecular weight is 794 g/mol. The van der Waals surface area contributed by atoms with Gasteiger partial charge in [-0.3, -0.25) is 0 Å². The molecule has 0 radical (unpaired) electrons. The quantitative estimate of drug-likeness (QED) is 0.161. The van der Waals surface area contributed by atoms with Crippen molar-refractivity contribution in [3.63, 3.8) is 0 Å². The standard InChI is InChI=1S/C57H35N3O2/c1-5-15-36(16-6-1)41-27-43(40-25-26-52-48(33-40)50-34-49-47-23-13-14-24-51(47)61-53(49)35-54(50)62-52)30-44(28-41)45-29-42(37-17-7-2-8-18-37)31-46(32-45)57-59-55(38-19-9-3-10-20-38)58-56(60-57)39-21-11-4-12-22-39/h1-35H. The highest BCUT2D eigenvalue weighted by Crippen LogP contribution is 2.41. The molecule has 12 aromatic rings. The minimum Gasteiger partial charge on any atom is -0.456 e. The third-order valence-corrected chi connectivity index (χ3v) is 11.7. The Bertz CT molecular complexity index is 3560. The van der Waals surface area contributed by atoms with Gasteiger partial charge in [0.2, 0.25) is 0 Å². The lowest BCUT2D eigenvalue weighted by atomic mass is 9.90. The van der Waals surface area contributed by atoms with E-state index in [-0.39, 0.29) is 0 Å². The molecule has 0 atom stereocenters. The van der Waals surface area contributed by atoms with E-state index >= 15 is 0 Å². The van der Waals surface area contributed by atoms with Gasteiger partial charge in [-0.05, 0) is 105 Å². The van der Waals surface area contributed by atoms with Crippen LogP contribution in [0.15, 0.2) is 221 Å². The summed E-state index contributed by atoms with van der Waals surface area (Å²) in [6.07, 6.45) is 0. The van der Waals surface area contributed by atoms with E-state index in [9.17, 15) is 0 Å². The monoisotopic (exact) mass is 793 g/mol. The second kappa shape index (κ2) is 14.7. The Kier molecular flexibility index (Phi) is 8.42. The molecule has 0 unspecified atom stereocenters. The maximum atomic E-state index is 6.44. The first-order valence-electron chi connectivity index (χ1n) is 20.7. The van der Waals surface area contributed by atoms with Crippen molar-refractivity contribution >= 4 is 43.9 Å². The predicted octanol–water partition coefficient (Wildman–Crippen LogP) is 15.3. The SMILES string of the molecule is c1ccc(-c2cc(-c3cc(-c4ccccc4)cc(-c4nc(-c5ccccc5)nc(-c5ccccc5)n4)c3)cc(-c3ccc4oc5cc6oc7ccccc7c6cc5c4c3)c2)cc1. The van der Waals surface area contributed by atoms with Crippen molar-refractivity contribution in [1.82, 2.24) is 15.0 Å². The van der Waals surface area contributed by atoms with Crippen molar-refractivity contribution in [2.75, 3.05) is 0 Å². The number of fused-ring (bicyclic) bond motifs is 6. The fraction of sp³-hybridized carbons (Fsp3) is 0. The first kappa shape index (κ1) is 35.5. The Labute approximate surface area is 357 Å². The summed E-state index contributed by atoms with van der Waals surface area (Å²) in [6.45, 7) is 0. The Morgan fingerprint density at radius 1 is 0.210 bits per heavy atom. The Balaban J connectivity index is 1.06. The van der Waals surface area contributed by atoms with Crippen LogP contribution in [0.2, 0.25) is 0 Å². The lowest BCUT2D eigenvalue weighted by molar-refractivity contribution is 0.656. The van der Waals surface area contributed by atoms with Crippen molar-refractivity contribution in [3.8, 4) is 78.7 Å². The van der Waals surface area contributed by atoms with E-state index in [1.54, 1.807) is 0 Å². The highest BCUT2D eigenvalue weighted by atomic mass is 16.3. The van der Waals surface area contributed by atoms with Gasteiger partial charge < -0.3 is 8.83 Å². The van der Waals surface area contributed by atoms with Gasteiger partial charge in [0.1, 0.15) is 22.3 Å². The number of aromatic nitrogens is 3. The molecular formula is C57H35N3O2. The van der Waals surface area contributed by atoms with Crippen LogP contribution in [-0.2, 0) is 0 Å². The molecule has 0 N–H and O–H groups in total. The molecular weight excluding hydrogens is 759 g/mol. The number of para-hydroxylation sites is 1. The smallest absolute Gasteiger partial charge is 0.164 e. The van der Waals surface area contributed by atoms with Crippen LogP contribution >= 0.6 is 0 Å². The summed E-state index contributed by atoms with van der Waals surface area (Å²) >= 11 is 0. The summed E-state index contributed by atoms with van der Waals surface area (Å²) in [5.41, 5.74) is 14.8. The van der Waals surface area contributed by atoms with Crippen molar-refractivity contribution in [2.24, 2.45) is 0 Å². The number of benzene rings is 9. The van der Waals surface area contributed by atoms with Crippen LogP contribution in [-0.4, -0.2) is 15.0 Å². The van der Waals surface area contributed by atoms with E-state index in [2.05, 4.69) is 127 Å². The zero-order chi connectivity index (χ0) is 41.0. The number of furan rings is 2. The first-order chi connectivity index (χ1) is 30.7. The fourth-order valence-corrected chi connectivity index (χ4v) is 8.59. The van der Waals surface area contributed by atoms with Gasteiger partial charge in [-0.1, -0.05) is 146 Å². The van der Waals surface area contributed by atoms with E-state index in [0.29, 0.717) is 17.5 Å². The highest BCUT2D eigenvalue weighted by molar-refractivity contribution is 6.15. The van der Waals surface area contributed by atoms with Crippen LogP contribution in [0.3, 0.4) is 0 Å². The summed E-state index contributed by atoms with van der Waals surface area (Å²) in [5, 5.41) is 4.29. The van der Waals surface area contributed by atoms with Crippen LogP contribution in [0.1, 0.15) is 0 Å². The lowest BCUT2D eigenvalue weighted by Gasteiger charge is -2.15. The van der Waals surface area contributed by atoms with Gasteiger partial charge in [0.25, 0.3) is 0 Å². The summed E-state index contributed by atoms with van der Waals surface area (Å²) in [4.78, 5) is 15.3. The van der Waals surface area contributed by atoms with Crippen LogP contribution < -0.4 is 0 Å². The second-order valence-corrected chi connectivity index (χ2v) is 15.6. The maximum absolute atomic E-state index is 6.44. The van der Waals surface area contributed by atoms with Gasteiger partial charge in [-0.15, -0.1) is 0 Å². The number of hydrogen-bond acceptors (Lipinski definition) is 5. The molecule has 62 heavy (non-hydrogen) atoms. The molecule has 0 aliphatic rings. The molecule has 0 aliphatic heterocycles. The van der Waals surface area contributed by atoms with Gasteiger partial charge in [-0.25, -0.2) is 15.0 Å². The summed E-state index contributed by atoms with van der Waals surface area (Å²) in [5.74, 6) is 1.85. The van der Waals surface area contributed by atoms with Gasteiger partial charge >= 0.3 is 0 Å². The molecule has 0 fully saturated rings. The maximum Gasteiger partial charge on any atom is 0.164 e. The minimum absolute atomic E-state index is 0.605. The molecule has 0 saturated heterocycles. The third kappa shape index (κ3) is 6.40. The molecule has 290 valence electrons. The normalized spacial score (nSPS) is 11.5. The van der Waals surface area contributed by atoms with Crippen LogP contribution in [0, 0.1) is 0 Å². The number of rotatable bonds is 7. The van der Waals surface area contributed by atoms with Gasteiger partial charge in [0.15, 0.2) is 17.5 Å². The third-order valence-electron chi connectivity index (χ3n) is 11.7. The van der Waals surface area contributed by atoms with Crippen LogP contribution in [0.4, 0.5) is 0 Å². The van der Waals surface area contributed by atoms with E-state index in [4.69, 9.17) is 23.8 Å². The number of nitrogens with zero attached hydrogens (tertiary/aromatic N) is 3. The molecule has 0 saturated carbocycles. The molecule has 0 bridgehead atoms. The van der Waals surface area contributed by atoms with E-state index in [1.165, 1.54) is 0 Å². The van der Waals surface area contributed by atoms with E-state index in [1.807, 2.05) is 84.9 Å². The van der Waals surface area contributed by atoms with E-state index < -0.39 is 0 Å². The summed E-state index contributed by atoms with van der Waals surface area (Å²) < 4.78 is 12.7. The van der Waals surface area contributed by atoms with Crippen LogP contribution in [0.25, 0.3) is 123 Å². The second-order valence-electron chi connectivity index (χ2n) is 15.6. The molecule has 9 aromatic carbocycles. The zero-order valence-corrected chi connectivity index (χ0v) is 33.4. The molecule has 0 aliphatic carbocycles. The Hall–Kier alpha value is -8.41. The molecule has 3 aromatic heterocycles. The van der Waals surface area contributed by atoms with Crippen molar-refractivity contribution < 1.29 is 8.83 Å². The summed E-state index contributed by atoms with van der Waals surface area (Å²) in [7, 11) is 0. The lowest BCUT2D eigenvalue weighted by Crippen LogP contribution is -2.00. The van der Waals surface area contributed by atoms with Crippen molar-refractivity contribution in [3.05, 3.63) is 212 Å². The average Bonchev–Trinajstić information content (AvgIpc) is 3.90. The minimum atomic E-state index is 0.605. The predicted molar refractivity (Wildman–Crippen MR) is 252 cm³/mol. The van der Waals surface area contributed by atoms with Crippen molar-refractivity contribution in [1.29, 1.82) is 0 Å². The van der Waals surface area contributed by atoms with Crippen molar-refractivity contribution in [2.45, 2.75) is 0 Å². The Morgan fingerprint density at radius 3 is 1.11 bits per heavy atom. The zero-order valence-electron chi connectivity index (χ0n) is 33.4. The molecule has 5 heteroatoms. The molecule has 0 spiro atoms. The topological polar surface area (TPSA) is 65.0 Å². The molecule has 0 amide bonds. The fourth-order valence-electron chi connectivity index (χ4n) is 8.59.